The molecule has 0 bridgehead atoms. The number of aryl methyl sites for hydroxylation is 1. The second-order valence-electron chi connectivity index (χ2n) is 6.22. The number of hydrogen-bond donors (Lipinski definition) is 2. The van der Waals surface area contributed by atoms with Crippen LogP contribution in [0.5, 0.6) is 11.5 Å². The fourth-order valence-corrected chi connectivity index (χ4v) is 3.18. The molecule has 0 aliphatic carbocycles. The molecule has 0 spiro atoms. The van der Waals surface area contributed by atoms with Crippen LogP contribution < -0.4 is 20.1 Å². The molecule has 0 radical (unpaired) electrons. The van der Waals surface area contributed by atoms with Crippen LogP contribution in [0, 0.1) is 0 Å². The molecular formula is C19H21ClN2O3. The lowest BCUT2D eigenvalue weighted by molar-refractivity contribution is -0.116. The molecule has 2 aliphatic rings. The van der Waals surface area contributed by atoms with Crippen molar-refractivity contribution >= 4 is 24.0 Å². The van der Waals surface area contributed by atoms with Gasteiger partial charge in [0.25, 0.3) is 0 Å². The van der Waals surface area contributed by atoms with E-state index in [9.17, 15) is 4.79 Å². The Morgan fingerprint density at radius 3 is 2.96 bits per heavy atom. The van der Waals surface area contributed by atoms with Gasteiger partial charge in [0.05, 0.1) is 0 Å². The van der Waals surface area contributed by atoms with Gasteiger partial charge in [-0.05, 0) is 36.6 Å². The minimum atomic E-state index is 0. The summed E-state index contributed by atoms with van der Waals surface area (Å²) in [6, 6.07) is 12.4. The lowest BCUT2D eigenvalue weighted by atomic mass is 9.97. The number of benzene rings is 2. The fourth-order valence-electron chi connectivity index (χ4n) is 3.18. The van der Waals surface area contributed by atoms with Gasteiger partial charge in [0, 0.05) is 30.3 Å². The van der Waals surface area contributed by atoms with Crippen LogP contribution in [0.4, 0.5) is 5.69 Å². The highest BCUT2D eigenvalue weighted by atomic mass is 35.5. The van der Waals surface area contributed by atoms with Gasteiger partial charge in [0.1, 0.15) is 0 Å². The summed E-state index contributed by atoms with van der Waals surface area (Å²) in [7, 11) is 0. The Bertz CT molecular complexity index is 794. The third-order valence-corrected chi connectivity index (χ3v) is 4.60. The normalized spacial score (nSPS) is 15.8. The summed E-state index contributed by atoms with van der Waals surface area (Å²) in [5.74, 6) is 1.75. The first-order valence-electron chi connectivity index (χ1n) is 8.24. The number of anilines is 1. The lowest BCUT2D eigenvalue weighted by Crippen LogP contribution is -2.21. The molecule has 0 aromatic heterocycles. The van der Waals surface area contributed by atoms with Crippen LogP contribution in [-0.2, 0) is 17.8 Å². The number of ether oxygens (including phenoxy) is 2. The summed E-state index contributed by atoms with van der Waals surface area (Å²) in [6.45, 7) is 3.14. The largest absolute Gasteiger partial charge is 0.454 e. The first-order valence-corrected chi connectivity index (χ1v) is 8.24. The Morgan fingerprint density at radius 1 is 1.20 bits per heavy atom. The monoisotopic (exact) mass is 360 g/mol. The summed E-state index contributed by atoms with van der Waals surface area (Å²) >= 11 is 0. The van der Waals surface area contributed by atoms with Gasteiger partial charge >= 0.3 is 0 Å². The van der Waals surface area contributed by atoms with E-state index < -0.39 is 0 Å². The summed E-state index contributed by atoms with van der Waals surface area (Å²) in [4.78, 5) is 11.5. The van der Waals surface area contributed by atoms with Crippen LogP contribution in [0.25, 0.3) is 0 Å². The first-order chi connectivity index (χ1) is 11.7. The first kappa shape index (κ1) is 17.6. The molecule has 2 heterocycles. The van der Waals surface area contributed by atoms with E-state index in [0.29, 0.717) is 19.8 Å². The van der Waals surface area contributed by atoms with Crippen LogP contribution in [0.15, 0.2) is 36.4 Å². The third-order valence-electron chi connectivity index (χ3n) is 4.60. The van der Waals surface area contributed by atoms with Gasteiger partial charge in [0.15, 0.2) is 11.5 Å². The van der Waals surface area contributed by atoms with Gasteiger partial charge in [-0.15, -0.1) is 12.4 Å². The predicted molar refractivity (Wildman–Crippen MR) is 98.5 cm³/mol. The molecule has 0 fully saturated rings. The van der Waals surface area contributed by atoms with Crippen molar-refractivity contribution in [1.82, 2.24) is 5.32 Å². The highest BCUT2D eigenvalue weighted by Crippen LogP contribution is 2.35. The van der Waals surface area contributed by atoms with E-state index in [4.69, 9.17) is 9.47 Å². The Hall–Kier alpha value is -2.24. The van der Waals surface area contributed by atoms with E-state index in [1.807, 2.05) is 18.2 Å². The van der Waals surface area contributed by atoms with E-state index in [2.05, 4.69) is 35.8 Å². The molecule has 5 nitrogen and oxygen atoms in total. The van der Waals surface area contributed by atoms with Crippen LogP contribution in [0.2, 0.25) is 0 Å². The van der Waals surface area contributed by atoms with Crippen molar-refractivity contribution in [2.45, 2.75) is 32.4 Å². The fraction of sp³-hybridized carbons (Fsp3) is 0.316. The summed E-state index contributed by atoms with van der Waals surface area (Å²) in [5.41, 5.74) is 4.46. The predicted octanol–water partition coefficient (Wildman–Crippen LogP) is 3.57. The van der Waals surface area contributed by atoms with Crippen molar-refractivity contribution in [3.05, 3.63) is 53.1 Å². The SMILES string of the molecule is CC(NCc1cccc2c1OCO2)c1ccc2c(c1)CCC(=O)N2.Cl. The number of rotatable bonds is 4. The van der Waals surface area contributed by atoms with E-state index in [1.54, 1.807) is 0 Å². The van der Waals surface area contributed by atoms with Gasteiger partial charge in [0.2, 0.25) is 12.7 Å². The Labute approximate surface area is 153 Å². The van der Waals surface area contributed by atoms with Crippen molar-refractivity contribution in [2.24, 2.45) is 0 Å². The second kappa shape index (κ2) is 7.33. The van der Waals surface area contributed by atoms with E-state index >= 15 is 0 Å². The van der Waals surface area contributed by atoms with E-state index in [1.165, 1.54) is 11.1 Å². The van der Waals surface area contributed by atoms with Gasteiger partial charge in [-0.1, -0.05) is 24.3 Å². The van der Waals surface area contributed by atoms with Crippen LogP contribution in [0.1, 0.15) is 36.1 Å². The second-order valence-corrected chi connectivity index (χ2v) is 6.22. The molecule has 1 amide bonds. The quantitative estimate of drug-likeness (QED) is 0.875. The average molecular weight is 361 g/mol. The zero-order valence-electron chi connectivity index (χ0n) is 14.0. The average Bonchev–Trinajstić information content (AvgIpc) is 3.08. The standard InChI is InChI=1S/C19H20N2O3.ClH/c1-12(13-5-7-16-14(9-13)6-8-18(22)21-16)20-10-15-3-2-4-17-19(15)24-11-23-17;/h2-5,7,9,12,20H,6,8,10-11H2,1H3,(H,21,22);1H. The molecule has 0 saturated heterocycles. The van der Waals surface area contributed by atoms with Crippen molar-refractivity contribution < 1.29 is 14.3 Å². The molecule has 2 N–H and O–H groups in total. The minimum Gasteiger partial charge on any atom is -0.454 e. The molecule has 2 aliphatic heterocycles. The Morgan fingerprint density at radius 2 is 2.08 bits per heavy atom. The smallest absolute Gasteiger partial charge is 0.231 e. The maximum atomic E-state index is 11.5. The maximum absolute atomic E-state index is 11.5. The van der Waals surface area contributed by atoms with Crippen LogP contribution >= 0.6 is 12.4 Å². The van der Waals surface area contributed by atoms with Crippen LogP contribution in [0.3, 0.4) is 0 Å². The molecule has 1 unspecified atom stereocenters. The summed E-state index contributed by atoms with van der Waals surface area (Å²) in [5, 5.41) is 6.46. The minimum absolute atomic E-state index is 0. The Kier molecular flexibility index (Phi) is 5.16. The van der Waals surface area contributed by atoms with Gasteiger partial charge in [-0.2, -0.15) is 0 Å². The molecule has 2 aromatic carbocycles. The molecule has 6 heteroatoms. The Balaban J connectivity index is 0.00000182. The zero-order chi connectivity index (χ0) is 16.5. The molecule has 4 rings (SSSR count). The number of amides is 1. The number of para-hydroxylation sites is 1. The van der Waals surface area contributed by atoms with Gasteiger partial charge in [-0.25, -0.2) is 0 Å². The summed E-state index contributed by atoms with van der Waals surface area (Å²) < 4.78 is 11.0. The number of fused-ring (bicyclic) bond motifs is 2. The number of hydrogen-bond acceptors (Lipinski definition) is 4. The molecule has 132 valence electrons. The highest BCUT2D eigenvalue weighted by molar-refractivity contribution is 5.93. The summed E-state index contributed by atoms with van der Waals surface area (Å²) in [6.07, 6.45) is 1.37. The molecular weight excluding hydrogens is 340 g/mol. The van der Waals surface area contributed by atoms with Gasteiger partial charge in [-0.3, -0.25) is 4.79 Å². The zero-order valence-corrected chi connectivity index (χ0v) is 14.8. The number of carbonyl (C=O) groups is 1. The number of nitrogens with one attached hydrogen (secondary N) is 2. The maximum Gasteiger partial charge on any atom is 0.231 e. The van der Waals surface area contributed by atoms with Crippen LogP contribution in [-0.4, -0.2) is 12.7 Å². The molecule has 1 atom stereocenters. The highest BCUT2D eigenvalue weighted by Gasteiger charge is 2.19. The third kappa shape index (κ3) is 3.57. The lowest BCUT2D eigenvalue weighted by Gasteiger charge is -2.20. The number of halogens is 1. The number of carbonyl (C=O) groups excluding carboxylic acids is 1. The topological polar surface area (TPSA) is 59.6 Å². The van der Waals surface area contributed by atoms with E-state index in [-0.39, 0.29) is 24.4 Å². The van der Waals surface area contributed by atoms with Crippen molar-refractivity contribution in [3.8, 4) is 11.5 Å². The molecule has 2 aromatic rings. The van der Waals surface area contributed by atoms with Crippen molar-refractivity contribution in [3.63, 3.8) is 0 Å². The molecule has 25 heavy (non-hydrogen) atoms. The van der Waals surface area contributed by atoms with Gasteiger partial charge < -0.3 is 20.1 Å². The van der Waals surface area contributed by atoms with Crippen molar-refractivity contribution in [2.75, 3.05) is 12.1 Å². The van der Waals surface area contributed by atoms with E-state index in [0.717, 1.165) is 29.2 Å². The van der Waals surface area contributed by atoms with Crippen molar-refractivity contribution in [1.29, 1.82) is 0 Å². The molecule has 0 saturated carbocycles.